The van der Waals surface area contributed by atoms with Crippen molar-refractivity contribution in [2.45, 2.75) is 24.4 Å². The zero-order valence-corrected chi connectivity index (χ0v) is 20.4. The Kier molecular flexibility index (Phi) is 6.08. The molecule has 1 amide bonds. The number of carbonyl (C=O) groups excluding carboxylic acids is 1. The van der Waals surface area contributed by atoms with Crippen LogP contribution in [0, 0.1) is 5.82 Å². The van der Waals surface area contributed by atoms with Gasteiger partial charge in [-0.05, 0) is 28.8 Å². The Balaban J connectivity index is 1.44. The average Bonchev–Trinajstić information content (AvgIpc) is 3.11. The number of hydrogen-bond donors (Lipinski definition) is 0. The summed E-state index contributed by atoms with van der Waals surface area (Å²) in [5.74, 6) is -1.86. The highest BCUT2D eigenvalue weighted by molar-refractivity contribution is 7.91. The van der Waals surface area contributed by atoms with Crippen LogP contribution in [0.15, 0.2) is 41.4 Å². The second-order valence-electron chi connectivity index (χ2n) is 9.12. The first-order valence-electron chi connectivity index (χ1n) is 10.2. The number of amides is 1. The van der Waals surface area contributed by atoms with Gasteiger partial charge in [-0.2, -0.15) is 0 Å². The van der Waals surface area contributed by atoms with Gasteiger partial charge in [-0.15, -0.1) is 0 Å². The molecule has 0 N–H and O–H groups in total. The predicted molar refractivity (Wildman–Crippen MR) is 125 cm³/mol. The lowest BCUT2D eigenvalue weighted by molar-refractivity contribution is -0.143. The van der Waals surface area contributed by atoms with Crippen LogP contribution < -0.4 is 0 Å². The van der Waals surface area contributed by atoms with E-state index < -0.39 is 38.4 Å². The summed E-state index contributed by atoms with van der Waals surface area (Å²) in [4.78, 5) is 17.8. The number of hydrogen-bond acceptors (Lipinski definition) is 4. The van der Waals surface area contributed by atoms with Gasteiger partial charge in [0.25, 0.3) is 0 Å². The molecule has 0 aromatic heterocycles. The topological polar surface area (TPSA) is 66.8 Å². The highest BCUT2D eigenvalue weighted by Gasteiger charge is 2.47. The monoisotopic (exact) mass is 514 g/mol. The third kappa shape index (κ3) is 4.79. The molecule has 1 unspecified atom stereocenters. The molecule has 2 aliphatic rings. The van der Waals surface area contributed by atoms with Crippen LogP contribution in [0.1, 0.15) is 30.0 Å². The fourth-order valence-corrected chi connectivity index (χ4v) is 5.35. The van der Waals surface area contributed by atoms with Crippen molar-refractivity contribution in [1.82, 2.24) is 4.90 Å². The molecule has 176 valence electrons. The van der Waals surface area contributed by atoms with E-state index in [0.717, 1.165) is 23.1 Å². The molecule has 2 aliphatic heterocycles. The number of sulfone groups is 1. The molecule has 0 bridgehead atoms. The SMILES string of the molecule is CC1(c2cc(Cl)c(F)c(Cl)c2)CN=C(c2ccc(C3(F)CN(C(=O)CS(C)(=O)=O)C3)cc2)C1. The summed E-state index contributed by atoms with van der Waals surface area (Å²) in [6, 6.07) is 10.0. The summed E-state index contributed by atoms with van der Waals surface area (Å²) in [6.07, 6.45) is 1.56. The van der Waals surface area contributed by atoms with Crippen molar-refractivity contribution in [3.8, 4) is 0 Å². The molecule has 1 fully saturated rings. The van der Waals surface area contributed by atoms with E-state index in [2.05, 4.69) is 4.99 Å². The first-order chi connectivity index (χ1) is 15.3. The lowest BCUT2D eigenvalue weighted by Crippen LogP contribution is -2.59. The van der Waals surface area contributed by atoms with Gasteiger partial charge in [-0.1, -0.05) is 54.4 Å². The van der Waals surface area contributed by atoms with Crippen molar-refractivity contribution in [1.29, 1.82) is 0 Å². The van der Waals surface area contributed by atoms with Gasteiger partial charge in [-0.25, -0.2) is 17.2 Å². The molecule has 0 aliphatic carbocycles. The van der Waals surface area contributed by atoms with E-state index in [1.807, 2.05) is 6.92 Å². The Hall–Kier alpha value is -2.03. The van der Waals surface area contributed by atoms with Gasteiger partial charge in [0.05, 0.1) is 23.1 Å². The summed E-state index contributed by atoms with van der Waals surface area (Å²) in [6.45, 7) is 2.13. The summed E-state index contributed by atoms with van der Waals surface area (Å²) in [5, 5.41) is -0.0661. The van der Waals surface area contributed by atoms with Crippen molar-refractivity contribution in [3.05, 3.63) is 69.0 Å². The highest BCUT2D eigenvalue weighted by atomic mass is 35.5. The van der Waals surface area contributed by atoms with Gasteiger partial charge < -0.3 is 4.90 Å². The number of alkyl halides is 1. The minimum atomic E-state index is -3.46. The van der Waals surface area contributed by atoms with Crippen molar-refractivity contribution in [2.75, 3.05) is 31.6 Å². The van der Waals surface area contributed by atoms with Crippen LogP contribution >= 0.6 is 23.2 Å². The first kappa shape index (κ1) is 24.1. The van der Waals surface area contributed by atoms with Crippen LogP contribution in [0.4, 0.5) is 8.78 Å². The largest absolute Gasteiger partial charge is 0.335 e. The standard InChI is InChI=1S/C23H22Cl2F2N2O3S/c1-22(16-7-17(24)21(26)18(25)8-16)9-19(28-11-22)14-3-5-15(6-4-14)23(27)12-29(13-23)20(30)10-33(2,31)32/h3-8H,9-13H2,1-2H3. The molecule has 33 heavy (non-hydrogen) atoms. The van der Waals surface area contributed by atoms with E-state index in [9.17, 15) is 17.6 Å². The summed E-state index contributed by atoms with van der Waals surface area (Å²) in [7, 11) is -3.46. The van der Waals surface area contributed by atoms with Crippen molar-refractivity contribution >= 4 is 44.7 Å². The predicted octanol–water partition coefficient (Wildman–Crippen LogP) is 4.33. The molecule has 0 saturated carbocycles. The maximum absolute atomic E-state index is 15.2. The van der Waals surface area contributed by atoms with E-state index in [0.29, 0.717) is 18.5 Å². The Morgan fingerprint density at radius 2 is 1.70 bits per heavy atom. The number of aliphatic imine (C=N–C) groups is 1. The number of likely N-dealkylation sites (tertiary alicyclic amines) is 1. The number of nitrogens with zero attached hydrogens (tertiary/aromatic N) is 2. The Morgan fingerprint density at radius 1 is 1.12 bits per heavy atom. The third-order valence-corrected chi connectivity index (χ3v) is 7.54. The van der Waals surface area contributed by atoms with Crippen LogP contribution in [-0.4, -0.2) is 56.6 Å². The van der Waals surface area contributed by atoms with Gasteiger partial charge in [0.1, 0.15) is 5.75 Å². The van der Waals surface area contributed by atoms with Crippen molar-refractivity contribution in [3.63, 3.8) is 0 Å². The Bertz CT molecular complexity index is 1240. The smallest absolute Gasteiger partial charge is 0.237 e. The number of carbonyl (C=O) groups is 1. The van der Waals surface area contributed by atoms with Gasteiger partial charge >= 0.3 is 0 Å². The van der Waals surface area contributed by atoms with Gasteiger partial charge in [0.2, 0.25) is 5.91 Å². The molecule has 0 radical (unpaired) electrons. The lowest BCUT2D eigenvalue weighted by Gasteiger charge is -2.44. The van der Waals surface area contributed by atoms with Crippen LogP contribution in [0.3, 0.4) is 0 Å². The van der Waals surface area contributed by atoms with Crippen LogP contribution in [-0.2, 0) is 25.7 Å². The second kappa shape index (κ2) is 8.32. The molecule has 2 aromatic carbocycles. The van der Waals surface area contributed by atoms with Crippen molar-refractivity contribution in [2.24, 2.45) is 4.99 Å². The molecule has 1 atom stereocenters. The molecule has 1 saturated heterocycles. The molecular formula is C23H22Cl2F2N2O3S. The minimum Gasteiger partial charge on any atom is -0.335 e. The van der Waals surface area contributed by atoms with E-state index in [4.69, 9.17) is 23.2 Å². The molecule has 10 heteroatoms. The van der Waals surface area contributed by atoms with E-state index in [1.165, 1.54) is 4.90 Å². The van der Waals surface area contributed by atoms with Crippen LogP contribution in [0.25, 0.3) is 0 Å². The normalized spacial score (nSPS) is 22.1. The molecule has 2 heterocycles. The Labute approximate surface area is 201 Å². The Morgan fingerprint density at radius 3 is 2.24 bits per heavy atom. The minimum absolute atomic E-state index is 0.0330. The molecule has 2 aromatic rings. The van der Waals surface area contributed by atoms with Crippen LogP contribution in [0.5, 0.6) is 0 Å². The summed E-state index contributed by atoms with van der Waals surface area (Å²) >= 11 is 11.9. The van der Waals surface area contributed by atoms with Crippen molar-refractivity contribution < 1.29 is 22.0 Å². The first-order valence-corrected chi connectivity index (χ1v) is 13.1. The fourth-order valence-electron chi connectivity index (χ4n) is 4.24. The van der Waals surface area contributed by atoms with Crippen LogP contribution in [0.2, 0.25) is 10.0 Å². The molecule has 4 rings (SSSR count). The summed E-state index contributed by atoms with van der Waals surface area (Å²) < 4.78 is 51.6. The third-order valence-electron chi connectivity index (χ3n) is 6.21. The maximum Gasteiger partial charge on any atom is 0.237 e. The molecule has 5 nitrogen and oxygen atoms in total. The van der Waals surface area contributed by atoms with Gasteiger partial charge in [0, 0.05) is 30.3 Å². The summed E-state index contributed by atoms with van der Waals surface area (Å²) in [5.41, 5.74) is 0.796. The van der Waals surface area contributed by atoms with Gasteiger partial charge in [-0.3, -0.25) is 9.79 Å². The fraction of sp³-hybridized carbons (Fsp3) is 0.391. The zero-order valence-electron chi connectivity index (χ0n) is 18.0. The second-order valence-corrected chi connectivity index (χ2v) is 12.1. The van der Waals surface area contributed by atoms with E-state index >= 15 is 4.39 Å². The van der Waals surface area contributed by atoms with E-state index in [-0.39, 0.29) is 23.1 Å². The molecular weight excluding hydrogens is 493 g/mol. The van der Waals surface area contributed by atoms with Gasteiger partial charge in [0.15, 0.2) is 21.3 Å². The van der Waals surface area contributed by atoms with E-state index in [1.54, 1.807) is 36.4 Å². The molecule has 0 spiro atoms. The highest BCUT2D eigenvalue weighted by Crippen LogP contribution is 2.39. The number of rotatable bonds is 5. The zero-order chi connectivity index (χ0) is 24.2. The lowest BCUT2D eigenvalue weighted by atomic mass is 9.79. The average molecular weight is 515 g/mol. The maximum atomic E-state index is 15.2. The quantitative estimate of drug-likeness (QED) is 0.557. The number of halogens is 4. The number of benzene rings is 2.